The van der Waals surface area contributed by atoms with Gasteiger partial charge in [-0.25, -0.2) is 0 Å². The summed E-state index contributed by atoms with van der Waals surface area (Å²) in [5.74, 6) is -1.33. The van der Waals surface area contributed by atoms with Gasteiger partial charge in [0.15, 0.2) is 0 Å². The molecular formula is C9H15NO3. The lowest BCUT2D eigenvalue weighted by Crippen LogP contribution is -2.56. The molecule has 1 rings (SSSR count). The summed E-state index contributed by atoms with van der Waals surface area (Å²) in [6, 6.07) is 0.254. The average molecular weight is 185 g/mol. The van der Waals surface area contributed by atoms with Gasteiger partial charge in [-0.3, -0.25) is 4.79 Å². The predicted molar refractivity (Wildman–Crippen MR) is 48.1 cm³/mol. The Morgan fingerprint density at radius 1 is 1.38 bits per heavy atom. The maximum absolute atomic E-state index is 11.2. The zero-order valence-corrected chi connectivity index (χ0v) is 8.38. The van der Waals surface area contributed by atoms with E-state index in [1.165, 1.54) is 20.3 Å². The number of carbonyl (C=O) groups is 1. The van der Waals surface area contributed by atoms with Crippen LogP contribution in [-0.4, -0.2) is 31.8 Å². The van der Waals surface area contributed by atoms with Crippen LogP contribution in [0.5, 0.6) is 0 Å². The highest BCUT2D eigenvalue weighted by Crippen LogP contribution is 2.30. The van der Waals surface area contributed by atoms with Gasteiger partial charge in [0.05, 0.1) is 5.70 Å². The first-order valence-electron chi connectivity index (χ1n) is 4.20. The van der Waals surface area contributed by atoms with Crippen molar-refractivity contribution in [3.05, 3.63) is 11.8 Å². The van der Waals surface area contributed by atoms with Gasteiger partial charge in [0.2, 0.25) is 5.78 Å². The number of ketones is 1. The highest BCUT2D eigenvalue weighted by Gasteiger charge is 2.50. The fourth-order valence-electron chi connectivity index (χ4n) is 1.33. The van der Waals surface area contributed by atoms with Crippen LogP contribution in [-0.2, 0) is 14.3 Å². The Bertz CT molecular complexity index is 241. The monoisotopic (exact) mass is 185 g/mol. The number of hydrogen-bond donors (Lipinski definition) is 1. The van der Waals surface area contributed by atoms with Gasteiger partial charge in [-0.2, -0.15) is 0 Å². The van der Waals surface area contributed by atoms with Crippen LogP contribution in [0.4, 0.5) is 0 Å². The molecule has 4 nitrogen and oxygen atoms in total. The minimum atomic E-state index is -1.18. The molecule has 74 valence electrons. The van der Waals surface area contributed by atoms with Crippen molar-refractivity contribution in [2.75, 3.05) is 14.2 Å². The standard InChI is InChI=1S/C9H15NO3/c1-6(2)10-7-5-8(11)9(7,12-3)13-4/h5-6,10H,1-4H3. The van der Waals surface area contributed by atoms with Gasteiger partial charge in [0.25, 0.3) is 5.79 Å². The van der Waals surface area contributed by atoms with E-state index in [0.29, 0.717) is 5.70 Å². The van der Waals surface area contributed by atoms with E-state index in [0.717, 1.165) is 0 Å². The molecule has 1 N–H and O–H groups in total. The molecule has 0 heterocycles. The SMILES string of the molecule is COC1(OC)C(=O)C=C1NC(C)C. The van der Waals surface area contributed by atoms with E-state index >= 15 is 0 Å². The molecule has 0 aliphatic heterocycles. The zero-order valence-electron chi connectivity index (χ0n) is 8.38. The fourth-order valence-corrected chi connectivity index (χ4v) is 1.33. The topological polar surface area (TPSA) is 47.6 Å². The summed E-state index contributed by atoms with van der Waals surface area (Å²) < 4.78 is 10.1. The number of nitrogens with one attached hydrogen (secondary N) is 1. The van der Waals surface area contributed by atoms with Crippen molar-refractivity contribution >= 4 is 5.78 Å². The lowest BCUT2D eigenvalue weighted by atomic mass is 9.94. The van der Waals surface area contributed by atoms with Crippen molar-refractivity contribution in [1.29, 1.82) is 0 Å². The van der Waals surface area contributed by atoms with E-state index in [2.05, 4.69) is 5.32 Å². The number of methoxy groups -OCH3 is 2. The third-order valence-corrected chi connectivity index (χ3v) is 1.97. The van der Waals surface area contributed by atoms with Gasteiger partial charge in [-0.15, -0.1) is 0 Å². The third-order valence-electron chi connectivity index (χ3n) is 1.97. The quantitative estimate of drug-likeness (QED) is 0.646. The molecular weight excluding hydrogens is 170 g/mol. The van der Waals surface area contributed by atoms with Crippen molar-refractivity contribution in [1.82, 2.24) is 5.32 Å². The molecule has 13 heavy (non-hydrogen) atoms. The van der Waals surface area contributed by atoms with Crippen molar-refractivity contribution in [2.45, 2.75) is 25.7 Å². The summed E-state index contributed by atoms with van der Waals surface area (Å²) in [6.45, 7) is 3.97. The molecule has 0 fully saturated rings. The number of rotatable bonds is 4. The zero-order chi connectivity index (χ0) is 10.1. The van der Waals surface area contributed by atoms with E-state index in [9.17, 15) is 4.79 Å². The van der Waals surface area contributed by atoms with E-state index in [4.69, 9.17) is 9.47 Å². The van der Waals surface area contributed by atoms with Gasteiger partial charge in [0.1, 0.15) is 0 Å². The van der Waals surface area contributed by atoms with Gasteiger partial charge in [0, 0.05) is 26.3 Å². The molecule has 1 aliphatic carbocycles. The Morgan fingerprint density at radius 3 is 2.23 bits per heavy atom. The predicted octanol–water partition coefficient (Wildman–Crippen LogP) is 0.440. The van der Waals surface area contributed by atoms with E-state index in [1.54, 1.807) is 0 Å². The molecule has 0 unspecified atom stereocenters. The molecule has 1 aliphatic rings. The first kappa shape index (κ1) is 10.2. The number of ether oxygens (including phenoxy) is 2. The minimum Gasteiger partial charge on any atom is -0.381 e. The van der Waals surface area contributed by atoms with Crippen LogP contribution >= 0.6 is 0 Å². The van der Waals surface area contributed by atoms with Crippen LogP contribution in [0.15, 0.2) is 11.8 Å². The Balaban J connectivity index is 2.77. The molecule has 0 amide bonds. The van der Waals surface area contributed by atoms with Crippen molar-refractivity contribution in [2.24, 2.45) is 0 Å². The molecule has 0 aromatic carbocycles. The Morgan fingerprint density at radius 2 is 1.92 bits per heavy atom. The van der Waals surface area contributed by atoms with Crippen molar-refractivity contribution in [3.63, 3.8) is 0 Å². The molecule has 0 bridgehead atoms. The van der Waals surface area contributed by atoms with E-state index in [-0.39, 0.29) is 11.8 Å². The maximum Gasteiger partial charge on any atom is 0.275 e. The summed E-state index contributed by atoms with van der Waals surface area (Å²) in [5.41, 5.74) is 0.692. The highest BCUT2D eigenvalue weighted by molar-refractivity contribution is 6.06. The third kappa shape index (κ3) is 1.47. The number of carbonyl (C=O) groups excluding carboxylic acids is 1. The second-order valence-electron chi connectivity index (χ2n) is 3.25. The maximum atomic E-state index is 11.2. The molecule has 4 heteroatoms. The van der Waals surface area contributed by atoms with Crippen LogP contribution in [0.2, 0.25) is 0 Å². The fraction of sp³-hybridized carbons (Fsp3) is 0.667. The first-order chi connectivity index (χ1) is 6.06. The molecule has 0 spiro atoms. The highest BCUT2D eigenvalue weighted by atomic mass is 16.7. The second kappa shape index (κ2) is 3.47. The summed E-state index contributed by atoms with van der Waals surface area (Å²) in [4.78, 5) is 11.2. The lowest BCUT2D eigenvalue weighted by Gasteiger charge is -2.38. The Hall–Kier alpha value is -0.870. The largest absolute Gasteiger partial charge is 0.381 e. The van der Waals surface area contributed by atoms with Crippen LogP contribution in [0.1, 0.15) is 13.8 Å². The van der Waals surface area contributed by atoms with Crippen LogP contribution in [0.3, 0.4) is 0 Å². The van der Waals surface area contributed by atoms with Crippen molar-refractivity contribution < 1.29 is 14.3 Å². The smallest absolute Gasteiger partial charge is 0.275 e. The molecule has 0 aromatic heterocycles. The van der Waals surface area contributed by atoms with Crippen LogP contribution in [0.25, 0.3) is 0 Å². The molecule has 0 atom stereocenters. The van der Waals surface area contributed by atoms with E-state index < -0.39 is 5.79 Å². The average Bonchev–Trinajstić information content (AvgIpc) is 2.05. The normalized spacial score (nSPS) is 19.8. The second-order valence-corrected chi connectivity index (χ2v) is 3.25. The van der Waals surface area contributed by atoms with Crippen molar-refractivity contribution in [3.8, 4) is 0 Å². The van der Waals surface area contributed by atoms with Crippen LogP contribution < -0.4 is 5.32 Å². The summed E-state index contributed by atoms with van der Waals surface area (Å²) >= 11 is 0. The number of hydrogen-bond acceptors (Lipinski definition) is 4. The molecule has 0 radical (unpaired) electrons. The molecule has 0 saturated heterocycles. The molecule has 0 aromatic rings. The van der Waals surface area contributed by atoms with Crippen LogP contribution in [0, 0.1) is 0 Å². The Kier molecular flexibility index (Phi) is 2.73. The van der Waals surface area contributed by atoms with Gasteiger partial charge in [-0.1, -0.05) is 0 Å². The van der Waals surface area contributed by atoms with E-state index in [1.807, 2.05) is 13.8 Å². The summed E-state index contributed by atoms with van der Waals surface area (Å²) in [7, 11) is 2.91. The van der Waals surface area contributed by atoms with Gasteiger partial charge in [-0.05, 0) is 13.8 Å². The summed E-state index contributed by atoms with van der Waals surface area (Å²) in [5, 5.41) is 3.09. The minimum absolute atomic E-state index is 0.152. The lowest BCUT2D eigenvalue weighted by molar-refractivity contribution is -0.196. The van der Waals surface area contributed by atoms with Gasteiger partial charge < -0.3 is 14.8 Å². The van der Waals surface area contributed by atoms with Gasteiger partial charge >= 0.3 is 0 Å². The first-order valence-corrected chi connectivity index (χ1v) is 4.20. The Labute approximate surface area is 77.9 Å². The summed E-state index contributed by atoms with van der Waals surface area (Å²) in [6.07, 6.45) is 1.49. The molecule has 0 saturated carbocycles.